The maximum absolute atomic E-state index is 12.1. The first kappa shape index (κ1) is 38.8. The van der Waals surface area contributed by atoms with Gasteiger partial charge in [0, 0.05) is 19.4 Å². The Kier molecular flexibility index (Phi) is 15.3. The van der Waals surface area contributed by atoms with Crippen LogP contribution in [0.4, 0.5) is 0 Å². The highest BCUT2D eigenvalue weighted by Crippen LogP contribution is 2.33. The van der Waals surface area contributed by atoms with Gasteiger partial charge in [-0.05, 0) is 26.2 Å². The number of primary amides is 1. The van der Waals surface area contributed by atoms with Gasteiger partial charge in [-0.3, -0.25) is 9.59 Å². The third-order valence-electron chi connectivity index (χ3n) is 8.04. The van der Waals surface area contributed by atoms with Crippen molar-refractivity contribution in [2.24, 2.45) is 5.73 Å². The minimum atomic E-state index is -1.88. The SMILES string of the molecule is CC1O[C@@H](OC2C(O[C@H]3OC(CO)[C@H](O)C(O)C3O)[C@@H](O)C(CO)O[C@H]2OCCCNC(=O)CCCCC(N)=O)C(O)C(O)[C@@H]1O. The molecule has 0 radical (unpaired) electrons. The first-order valence-corrected chi connectivity index (χ1v) is 15.2. The van der Waals surface area contributed by atoms with Crippen LogP contribution in [0.15, 0.2) is 0 Å². The first-order valence-electron chi connectivity index (χ1n) is 15.2. The van der Waals surface area contributed by atoms with Crippen molar-refractivity contribution in [3.05, 3.63) is 0 Å². The molecule has 12 N–H and O–H groups in total. The van der Waals surface area contributed by atoms with Gasteiger partial charge in [0.05, 0.1) is 25.9 Å². The van der Waals surface area contributed by atoms with Gasteiger partial charge >= 0.3 is 0 Å². The zero-order chi connectivity index (χ0) is 34.1. The molecule has 19 nitrogen and oxygen atoms in total. The fraction of sp³-hybridized carbons (Fsp3) is 0.926. The standard InChI is InChI=1S/C27H48N2O17/c1-11-16(34)19(37)21(39)25(42-11)46-24-23(45-26-22(40)20(38)17(35)12(9-30)43-26)18(36)13(10-31)44-27(24)41-8-4-7-29-15(33)6-3-2-5-14(28)32/h11-13,16-27,30-31,34-40H,2-10H2,1H3,(H2,28,32)(H,29,33)/t11?,12?,13?,16-,17+,18+,19?,20?,21?,22?,23?,24?,25+,26-,27-/m1/s1. The van der Waals surface area contributed by atoms with Gasteiger partial charge in [0.1, 0.15) is 67.1 Å². The molecule has 3 rings (SSSR count). The van der Waals surface area contributed by atoms with Gasteiger partial charge in [0.25, 0.3) is 0 Å². The Labute approximate surface area is 264 Å². The van der Waals surface area contributed by atoms with Crippen molar-refractivity contribution in [1.82, 2.24) is 5.32 Å². The van der Waals surface area contributed by atoms with Gasteiger partial charge in [-0.2, -0.15) is 0 Å². The van der Waals surface area contributed by atoms with Crippen molar-refractivity contribution in [1.29, 1.82) is 0 Å². The van der Waals surface area contributed by atoms with E-state index < -0.39 is 111 Å². The lowest BCUT2D eigenvalue weighted by Gasteiger charge is -2.48. The minimum Gasteiger partial charge on any atom is -0.394 e. The molecule has 0 aromatic carbocycles. The van der Waals surface area contributed by atoms with Crippen LogP contribution >= 0.6 is 0 Å². The first-order chi connectivity index (χ1) is 21.8. The Bertz CT molecular complexity index is 948. The van der Waals surface area contributed by atoms with E-state index in [0.717, 1.165) is 0 Å². The number of hydrogen-bond acceptors (Lipinski definition) is 17. The second kappa shape index (κ2) is 18.2. The highest BCUT2D eigenvalue weighted by molar-refractivity contribution is 5.76. The van der Waals surface area contributed by atoms with Crippen molar-refractivity contribution in [2.45, 2.75) is 131 Å². The predicted octanol–water partition coefficient (Wildman–Crippen LogP) is -5.97. The predicted molar refractivity (Wildman–Crippen MR) is 149 cm³/mol. The lowest BCUT2D eigenvalue weighted by molar-refractivity contribution is -0.390. The molecule has 3 fully saturated rings. The number of rotatable bonds is 16. The second-order valence-corrected chi connectivity index (χ2v) is 11.5. The van der Waals surface area contributed by atoms with Gasteiger partial charge in [-0.25, -0.2) is 0 Å². The number of unbranched alkanes of at least 4 members (excludes halogenated alkanes) is 1. The molecule has 15 atom stereocenters. The van der Waals surface area contributed by atoms with Gasteiger partial charge in [-0.1, -0.05) is 0 Å². The molecule has 46 heavy (non-hydrogen) atoms. The number of aliphatic hydroxyl groups is 9. The van der Waals surface area contributed by atoms with Gasteiger partial charge < -0.3 is 85.4 Å². The zero-order valence-electron chi connectivity index (χ0n) is 25.4. The summed E-state index contributed by atoms with van der Waals surface area (Å²) in [6.45, 7) is -0.0179. The van der Waals surface area contributed by atoms with E-state index in [1.807, 2.05) is 0 Å². The minimum absolute atomic E-state index is 0.0840. The maximum atomic E-state index is 12.1. The second-order valence-electron chi connectivity index (χ2n) is 11.5. The van der Waals surface area contributed by atoms with Crippen LogP contribution in [0.1, 0.15) is 39.0 Å². The molecule has 3 aliphatic rings. The van der Waals surface area contributed by atoms with Crippen LogP contribution in [0.3, 0.4) is 0 Å². The van der Waals surface area contributed by atoms with E-state index >= 15 is 0 Å². The number of amides is 2. The van der Waals surface area contributed by atoms with Gasteiger partial charge in [-0.15, -0.1) is 0 Å². The molecule has 9 unspecified atom stereocenters. The Morgan fingerprint density at radius 2 is 1.22 bits per heavy atom. The van der Waals surface area contributed by atoms with Crippen molar-refractivity contribution in [3.8, 4) is 0 Å². The summed E-state index contributed by atoms with van der Waals surface area (Å²) >= 11 is 0. The largest absolute Gasteiger partial charge is 0.394 e. The normalized spacial score (nSPS) is 41.7. The maximum Gasteiger partial charge on any atom is 0.219 e. The fourth-order valence-electron chi connectivity index (χ4n) is 5.26. The Morgan fingerprint density at radius 1 is 0.674 bits per heavy atom. The highest BCUT2D eigenvalue weighted by Gasteiger charge is 2.54. The number of nitrogens with one attached hydrogen (secondary N) is 1. The molecule has 3 aliphatic heterocycles. The molecular formula is C27H48N2O17. The van der Waals surface area contributed by atoms with Gasteiger partial charge in [0.2, 0.25) is 11.8 Å². The van der Waals surface area contributed by atoms with E-state index in [-0.39, 0.29) is 38.3 Å². The van der Waals surface area contributed by atoms with E-state index in [4.69, 9.17) is 34.2 Å². The van der Waals surface area contributed by atoms with E-state index in [0.29, 0.717) is 12.8 Å². The summed E-state index contributed by atoms with van der Waals surface area (Å²) in [5, 5.41) is 95.2. The molecule has 3 saturated heterocycles. The third kappa shape index (κ3) is 9.94. The molecule has 0 aromatic rings. The summed E-state index contributed by atoms with van der Waals surface area (Å²) in [5.41, 5.74) is 5.08. The number of carbonyl (C=O) groups excluding carboxylic acids is 2. The zero-order valence-corrected chi connectivity index (χ0v) is 25.4. The topological polar surface area (TPSA) is 310 Å². The van der Waals surface area contributed by atoms with E-state index in [2.05, 4.69) is 5.32 Å². The number of nitrogens with two attached hydrogens (primary N) is 1. The Hall–Kier alpha value is -1.66. The average Bonchev–Trinajstić information content (AvgIpc) is 3.02. The van der Waals surface area contributed by atoms with Crippen LogP contribution in [0, 0.1) is 0 Å². The van der Waals surface area contributed by atoms with Crippen LogP contribution in [0.25, 0.3) is 0 Å². The molecule has 3 heterocycles. The summed E-state index contributed by atoms with van der Waals surface area (Å²) in [7, 11) is 0. The molecular weight excluding hydrogens is 624 g/mol. The van der Waals surface area contributed by atoms with Crippen molar-refractivity contribution in [2.75, 3.05) is 26.4 Å². The summed E-state index contributed by atoms with van der Waals surface area (Å²) in [5.74, 6) is -0.705. The quantitative estimate of drug-likeness (QED) is 0.0680. The molecule has 0 spiro atoms. The Balaban J connectivity index is 1.74. The van der Waals surface area contributed by atoms with Crippen molar-refractivity contribution in [3.63, 3.8) is 0 Å². The molecule has 0 aromatic heterocycles. The Morgan fingerprint density at radius 3 is 1.85 bits per heavy atom. The lowest BCUT2D eigenvalue weighted by Crippen LogP contribution is -2.67. The van der Waals surface area contributed by atoms with E-state index in [1.54, 1.807) is 0 Å². The summed E-state index contributed by atoms with van der Waals surface area (Å²) < 4.78 is 34.2. The summed E-state index contributed by atoms with van der Waals surface area (Å²) in [6.07, 6.45) is -22.3. The molecule has 0 aliphatic carbocycles. The number of hydrogen-bond donors (Lipinski definition) is 11. The molecule has 0 bridgehead atoms. The van der Waals surface area contributed by atoms with Crippen molar-refractivity contribution < 1.29 is 84.0 Å². The monoisotopic (exact) mass is 672 g/mol. The number of carbonyl (C=O) groups is 2. The van der Waals surface area contributed by atoms with Crippen LogP contribution in [-0.2, 0) is 38.0 Å². The van der Waals surface area contributed by atoms with E-state index in [1.165, 1.54) is 6.92 Å². The van der Waals surface area contributed by atoms with Gasteiger partial charge in [0.15, 0.2) is 18.9 Å². The fourth-order valence-corrected chi connectivity index (χ4v) is 5.26. The van der Waals surface area contributed by atoms with Crippen LogP contribution in [0.2, 0.25) is 0 Å². The van der Waals surface area contributed by atoms with Crippen LogP contribution in [-0.4, -0.2) is 176 Å². The van der Waals surface area contributed by atoms with Crippen LogP contribution in [0.5, 0.6) is 0 Å². The summed E-state index contributed by atoms with van der Waals surface area (Å²) in [4.78, 5) is 22.9. The molecule has 0 saturated carbocycles. The summed E-state index contributed by atoms with van der Waals surface area (Å²) in [6, 6.07) is 0. The highest BCUT2D eigenvalue weighted by atomic mass is 16.8. The van der Waals surface area contributed by atoms with E-state index in [9.17, 15) is 55.5 Å². The number of aliphatic hydroxyl groups excluding tert-OH is 9. The van der Waals surface area contributed by atoms with Crippen LogP contribution < -0.4 is 11.1 Å². The third-order valence-corrected chi connectivity index (χ3v) is 8.04. The average molecular weight is 673 g/mol. The number of ether oxygens (including phenoxy) is 6. The lowest BCUT2D eigenvalue weighted by atomic mass is 9.96. The molecule has 268 valence electrons. The van der Waals surface area contributed by atoms with Crippen molar-refractivity contribution >= 4 is 11.8 Å². The smallest absolute Gasteiger partial charge is 0.219 e. The molecule has 19 heteroatoms. The molecule has 2 amide bonds.